The van der Waals surface area contributed by atoms with Gasteiger partial charge in [-0.05, 0) is 24.3 Å². The number of ether oxygens (including phenoxy) is 2. The van der Waals surface area contributed by atoms with E-state index in [0.29, 0.717) is 20.7 Å². The summed E-state index contributed by atoms with van der Waals surface area (Å²) in [4.78, 5) is 38.2. The first-order chi connectivity index (χ1) is 12.5. The van der Waals surface area contributed by atoms with E-state index in [1.54, 1.807) is 30.3 Å². The molecule has 0 fully saturated rings. The predicted octanol–water partition coefficient (Wildman–Crippen LogP) is 2.10. The normalized spacial score (nSPS) is 15.6. The molecule has 1 aliphatic rings. The Morgan fingerprint density at radius 3 is 2.77 bits per heavy atom. The zero-order valence-electron chi connectivity index (χ0n) is 13.7. The Morgan fingerprint density at radius 1 is 1.31 bits per heavy atom. The Kier molecular flexibility index (Phi) is 5.43. The minimum absolute atomic E-state index is 0.0257. The van der Waals surface area contributed by atoms with Crippen molar-refractivity contribution in [1.29, 1.82) is 0 Å². The van der Waals surface area contributed by atoms with Crippen molar-refractivity contribution in [2.75, 3.05) is 25.1 Å². The summed E-state index contributed by atoms with van der Waals surface area (Å²) in [6.45, 7) is -0.430. The first kappa shape index (κ1) is 18.2. The highest BCUT2D eigenvalue weighted by Crippen LogP contribution is 2.33. The maximum absolute atomic E-state index is 12.6. The van der Waals surface area contributed by atoms with E-state index >= 15 is 0 Å². The molecular weight excluding hydrogens is 380 g/mol. The first-order valence-corrected chi connectivity index (χ1v) is 8.89. The number of benzene rings is 1. The second-order valence-corrected chi connectivity index (χ2v) is 7.09. The molecule has 0 saturated carbocycles. The third kappa shape index (κ3) is 3.81. The van der Waals surface area contributed by atoms with E-state index in [9.17, 15) is 14.4 Å². The van der Waals surface area contributed by atoms with Crippen LogP contribution in [0.25, 0.3) is 0 Å². The zero-order chi connectivity index (χ0) is 18.7. The molecule has 0 radical (unpaired) electrons. The number of carbonyl (C=O) groups is 3. The van der Waals surface area contributed by atoms with Gasteiger partial charge in [-0.3, -0.25) is 9.59 Å². The number of fused-ring (bicyclic) bond motifs is 1. The number of para-hydroxylation sites is 2. The molecule has 1 aromatic heterocycles. The summed E-state index contributed by atoms with van der Waals surface area (Å²) in [5.41, 5.74) is 0.521. The smallest absolute Gasteiger partial charge is 0.348 e. The lowest BCUT2D eigenvalue weighted by Gasteiger charge is -2.33. The molecule has 136 valence electrons. The van der Waals surface area contributed by atoms with E-state index in [1.807, 2.05) is 0 Å². The second kappa shape index (κ2) is 7.76. The van der Waals surface area contributed by atoms with E-state index in [1.165, 1.54) is 18.0 Å². The molecule has 0 spiro atoms. The van der Waals surface area contributed by atoms with Crippen LogP contribution >= 0.6 is 22.9 Å². The van der Waals surface area contributed by atoms with Gasteiger partial charge in [-0.1, -0.05) is 23.7 Å². The van der Waals surface area contributed by atoms with Crippen LogP contribution in [0, 0.1) is 0 Å². The quantitative estimate of drug-likeness (QED) is 0.803. The Hall–Kier alpha value is -2.58. The molecule has 1 aromatic carbocycles. The number of hydrogen-bond donors (Lipinski definition) is 1. The highest BCUT2D eigenvalue weighted by atomic mass is 35.5. The molecule has 1 unspecified atom stereocenters. The summed E-state index contributed by atoms with van der Waals surface area (Å²) in [7, 11) is 1.49. The van der Waals surface area contributed by atoms with E-state index in [-0.39, 0.29) is 12.5 Å². The Bertz CT molecular complexity index is 853. The molecule has 2 heterocycles. The van der Waals surface area contributed by atoms with Gasteiger partial charge in [0.2, 0.25) is 0 Å². The topological polar surface area (TPSA) is 84.9 Å². The first-order valence-electron chi connectivity index (χ1n) is 7.69. The summed E-state index contributed by atoms with van der Waals surface area (Å²) in [6, 6.07) is 9.98. The SMILES string of the molecule is CNC(=O)C1CN(C(=O)COC(=O)c2ccc(Cl)s2)c2ccccc2O1. The van der Waals surface area contributed by atoms with Gasteiger partial charge in [0.1, 0.15) is 10.6 Å². The number of thiophene rings is 1. The van der Waals surface area contributed by atoms with E-state index < -0.39 is 24.6 Å². The summed E-state index contributed by atoms with van der Waals surface area (Å²) in [5.74, 6) is -1.01. The van der Waals surface area contributed by atoms with Crippen LogP contribution < -0.4 is 15.0 Å². The van der Waals surface area contributed by atoms with Gasteiger partial charge in [-0.2, -0.15) is 0 Å². The zero-order valence-corrected chi connectivity index (χ0v) is 15.3. The average molecular weight is 395 g/mol. The third-order valence-electron chi connectivity index (χ3n) is 3.71. The van der Waals surface area contributed by atoms with Gasteiger partial charge in [0.05, 0.1) is 16.6 Å². The number of anilines is 1. The van der Waals surface area contributed by atoms with Crippen LogP contribution in [0.1, 0.15) is 9.67 Å². The highest BCUT2D eigenvalue weighted by Gasteiger charge is 2.33. The maximum atomic E-state index is 12.6. The van der Waals surface area contributed by atoms with Gasteiger partial charge in [0, 0.05) is 7.05 Å². The largest absolute Gasteiger partial charge is 0.477 e. The lowest BCUT2D eigenvalue weighted by atomic mass is 10.1. The van der Waals surface area contributed by atoms with Crippen LogP contribution in [-0.2, 0) is 14.3 Å². The second-order valence-electron chi connectivity index (χ2n) is 5.37. The number of nitrogens with one attached hydrogen (secondary N) is 1. The number of halogens is 1. The van der Waals surface area contributed by atoms with Crippen LogP contribution in [0.3, 0.4) is 0 Å². The third-order valence-corrected chi connectivity index (χ3v) is 4.93. The van der Waals surface area contributed by atoms with Crippen molar-refractivity contribution in [2.24, 2.45) is 0 Å². The minimum Gasteiger partial charge on any atom is -0.477 e. The van der Waals surface area contributed by atoms with Gasteiger partial charge >= 0.3 is 5.97 Å². The fourth-order valence-electron chi connectivity index (χ4n) is 2.47. The van der Waals surface area contributed by atoms with Crippen LogP contribution in [-0.4, -0.2) is 44.1 Å². The summed E-state index contributed by atoms with van der Waals surface area (Å²) >= 11 is 6.86. The molecule has 26 heavy (non-hydrogen) atoms. The fraction of sp³-hybridized carbons (Fsp3) is 0.235. The number of amides is 2. The lowest BCUT2D eigenvalue weighted by molar-refractivity contribution is -0.128. The molecule has 1 atom stereocenters. The Labute approximate surface area is 158 Å². The molecule has 0 saturated heterocycles. The Morgan fingerprint density at radius 2 is 2.08 bits per heavy atom. The van der Waals surface area contributed by atoms with Crippen LogP contribution in [0.15, 0.2) is 36.4 Å². The molecule has 3 rings (SSSR count). The van der Waals surface area contributed by atoms with Crippen molar-refractivity contribution in [3.63, 3.8) is 0 Å². The molecular formula is C17H15ClN2O5S. The van der Waals surface area contributed by atoms with Gasteiger partial charge < -0.3 is 19.7 Å². The molecule has 1 N–H and O–H groups in total. The van der Waals surface area contributed by atoms with Crippen molar-refractivity contribution in [3.05, 3.63) is 45.6 Å². The minimum atomic E-state index is -0.842. The van der Waals surface area contributed by atoms with Crippen LogP contribution in [0.4, 0.5) is 5.69 Å². The standard InChI is InChI=1S/C17H15ClN2O5S/c1-19-16(22)12-8-20(10-4-2-3-5-11(10)25-12)15(21)9-24-17(23)13-6-7-14(18)26-13/h2-7,12H,8-9H2,1H3,(H,19,22). The molecule has 1 aliphatic heterocycles. The number of hydrogen-bond acceptors (Lipinski definition) is 6. The van der Waals surface area contributed by atoms with Gasteiger partial charge in [0.15, 0.2) is 12.7 Å². The van der Waals surface area contributed by atoms with Crippen molar-refractivity contribution in [2.45, 2.75) is 6.10 Å². The molecule has 0 bridgehead atoms. The predicted molar refractivity (Wildman–Crippen MR) is 96.9 cm³/mol. The van der Waals surface area contributed by atoms with E-state index in [2.05, 4.69) is 5.32 Å². The number of rotatable bonds is 4. The monoisotopic (exact) mass is 394 g/mol. The van der Waals surface area contributed by atoms with Gasteiger partial charge in [0.25, 0.3) is 11.8 Å². The summed E-state index contributed by atoms with van der Waals surface area (Å²) in [6.07, 6.45) is -0.842. The fourth-order valence-corrected chi connectivity index (χ4v) is 3.41. The van der Waals surface area contributed by atoms with Crippen molar-refractivity contribution >= 4 is 46.4 Å². The number of likely N-dealkylation sites (N-methyl/N-ethyl adjacent to an activating group) is 1. The molecule has 2 aromatic rings. The van der Waals surface area contributed by atoms with Gasteiger partial charge in [-0.25, -0.2) is 4.79 Å². The van der Waals surface area contributed by atoms with Gasteiger partial charge in [-0.15, -0.1) is 11.3 Å². The van der Waals surface area contributed by atoms with Crippen molar-refractivity contribution in [1.82, 2.24) is 5.32 Å². The Balaban J connectivity index is 1.72. The molecule has 2 amide bonds. The lowest BCUT2D eigenvalue weighted by Crippen LogP contribution is -2.51. The number of nitrogens with zero attached hydrogens (tertiary/aromatic N) is 1. The van der Waals surface area contributed by atoms with Crippen LogP contribution in [0.5, 0.6) is 5.75 Å². The van der Waals surface area contributed by atoms with E-state index in [0.717, 1.165) is 11.3 Å². The molecule has 9 heteroatoms. The summed E-state index contributed by atoms with van der Waals surface area (Å²) < 4.78 is 11.2. The maximum Gasteiger partial charge on any atom is 0.348 e. The van der Waals surface area contributed by atoms with Crippen molar-refractivity contribution < 1.29 is 23.9 Å². The average Bonchev–Trinajstić information content (AvgIpc) is 3.10. The highest BCUT2D eigenvalue weighted by molar-refractivity contribution is 7.17. The number of esters is 1. The van der Waals surface area contributed by atoms with E-state index in [4.69, 9.17) is 21.1 Å². The molecule has 7 nitrogen and oxygen atoms in total. The van der Waals surface area contributed by atoms with Crippen molar-refractivity contribution in [3.8, 4) is 5.75 Å². The number of carbonyl (C=O) groups excluding carboxylic acids is 3. The van der Waals surface area contributed by atoms with Crippen LogP contribution in [0.2, 0.25) is 4.34 Å². The summed E-state index contributed by atoms with van der Waals surface area (Å²) in [5, 5.41) is 2.50. The molecule has 0 aliphatic carbocycles.